The number of alkyl carbamates (subject to hydrolysis) is 1. The zero-order valence-electron chi connectivity index (χ0n) is 12.0. The average Bonchev–Trinajstić information content (AvgIpc) is 2.69. The van der Waals surface area contributed by atoms with Gasteiger partial charge in [-0.25, -0.2) is 4.79 Å². The van der Waals surface area contributed by atoms with Crippen molar-refractivity contribution in [3.8, 4) is 0 Å². The molecule has 0 aliphatic heterocycles. The fourth-order valence-corrected chi connectivity index (χ4v) is 2.40. The molecule has 2 rings (SSSR count). The summed E-state index contributed by atoms with van der Waals surface area (Å²) < 4.78 is 5.25. The van der Waals surface area contributed by atoms with Gasteiger partial charge in [0.1, 0.15) is 5.60 Å². The maximum Gasteiger partial charge on any atom is 0.488 e. The molecule has 0 heterocycles. The van der Waals surface area contributed by atoms with Crippen LogP contribution in [0.25, 0.3) is 0 Å². The quantitative estimate of drug-likeness (QED) is 0.701. The van der Waals surface area contributed by atoms with Crippen LogP contribution in [0, 0.1) is 0 Å². The fourth-order valence-electron chi connectivity index (χ4n) is 2.40. The van der Waals surface area contributed by atoms with Gasteiger partial charge in [0.2, 0.25) is 0 Å². The van der Waals surface area contributed by atoms with Crippen molar-refractivity contribution < 1.29 is 19.6 Å². The minimum atomic E-state index is -1.46. The smallest absolute Gasteiger partial charge is 0.444 e. The maximum absolute atomic E-state index is 11.8. The van der Waals surface area contributed by atoms with Crippen LogP contribution in [0.2, 0.25) is 0 Å². The second kappa shape index (κ2) is 5.46. The van der Waals surface area contributed by atoms with Crippen LogP contribution in [0.15, 0.2) is 18.2 Å². The standard InChI is InChI=1S/C14H20BNO4/c1-14(2,3)20-13(17)16-12-7-4-9-8-10(15(18)19)5-6-11(9)12/h5-6,8,12,18-19H,4,7H2,1-3H3,(H,16,17)/t12-/m1/s1. The van der Waals surface area contributed by atoms with Crippen LogP contribution in [0.4, 0.5) is 4.79 Å². The minimum Gasteiger partial charge on any atom is -0.444 e. The van der Waals surface area contributed by atoms with E-state index in [1.165, 1.54) is 0 Å². The second-order valence-electron chi connectivity index (χ2n) is 6.07. The van der Waals surface area contributed by atoms with E-state index < -0.39 is 18.8 Å². The summed E-state index contributed by atoms with van der Waals surface area (Å²) in [6, 6.07) is 5.19. The molecule has 0 fully saturated rings. The Balaban J connectivity index is 2.07. The van der Waals surface area contributed by atoms with E-state index >= 15 is 0 Å². The summed E-state index contributed by atoms with van der Waals surface area (Å²) in [7, 11) is -1.46. The lowest BCUT2D eigenvalue weighted by Gasteiger charge is -2.22. The number of hydrogen-bond donors (Lipinski definition) is 3. The van der Waals surface area contributed by atoms with Crippen molar-refractivity contribution in [1.82, 2.24) is 5.32 Å². The van der Waals surface area contributed by atoms with E-state index in [1.54, 1.807) is 12.1 Å². The molecule has 5 nitrogen and oxygen atoms in total. The summed E-state index contributed by atoms with van der Waals surface area (Å²) in [5.74, 6) is 0. The maximum atomic E-state index is 11.8. The van der Waals surface area contributed by atoms with Crippen molar-refractivity contribution >= 4 is 18.7 Å². The zero-order chi connectivity index (χ0) is 14.9. The molecule has 0 radical (unpaired) electrons. The largest absolute Gasteiger partial charge is 0.488 e. The highest BCUT2D eigenvalue weighted by Gasteiger charge is 2.27. The number of rotatable bonds is 2. The number of hydrogen-bond acceptors (Lipinski definition) is 4. The molecule has 1 amide bonds. The number of fused-ring (bicyclic) bond motifs is 1. The van der Waals surface area contributed by atoms with Crippen molar-refractivity contribution in [3.05, 3.63) is 29.3 Å². The Bertz CT molecular complexity index is 510. The van der Waals surface area contributed by atoms with Crippen LogP contribution in [0.1, 0.15) is 44.4 Å². The number of amides is 1. The van der Waals surface area contributed by atoms with E-state index in [4.69, 9.17) is 14.8 Å². The van der Waals surface area contributed by atoms with Gasteiger partial charge in [0.15, 0.2) is 0 Å². The Morgan fingerprint density at radius 1 is 1.40 bits per heavy atom. The van der Waals surface area contributed by atoms with Gasteiger partial charge in [-0.05, 0) is 50.2 Å². The van der Waals surface area contributed by atoms with Crippen molar-refractivity contribution in [2.45, 2.75) is 45.3 Å². The third kappa shape index (κ3) is 3.52. The Labute approximate surface area is 119 Å². The van der Waals surface area contributed by atoms with E-state index in [0.717, 1.165) is 24.0 Å². The first-order valence-electron chi connectivity index (χ1n) is 6.74. The molecule has 108 valence electrons. The SMILES string of the molecule is CC(C)(C)OC(=O)N[C@@H]1CCc2cc(B(O)O)ccc21. The highest BCUT2D eigenvalue weighted by Crippen LogP contribution is 2.30. The van der Waals surface area contributed by atoms with Gasteiger partial charge >= 0.3 is 13.2 Å². The number of carbonyl (C=O) groups is 1. The minimum absolute atomic E-state index is 0.0789. The van der Waals surface area contributed by atoms with Gasteiger partial charge < -0.3 is 20.1 Å². The van der Waals surface area contributed by atoms with Crippen molar-refractivity contribution in [1.29, 1.82) is 0 Å². The molecule has 6 heteroatoms. The highest BCUT2D eigenvalue weighted by atomic mass is 16.6. The molecule has 20 heavy (non-hydrogen) atoms. The first-order chi connectivity index (χ1) is 9.26. The predicted molar refractivity (Wildman–Crippen MR) is 76.7 cm³/mol. The van der Waals surface area contributed by atoms with Crippen molar-refractivity contribution in [2.24, 2.45) is 0 Å². The van der Waals surface area contributed by atoms with Gasteiger partial charge in [-0.2, -0.15) is 0 Å². The average molecular weight is 277 g/mol. The van der Waals surface area contributed by atoms with Crippen LogP contribution in [0.5, 0.6) is 0 Å². The number of carbonyl (C=O) groups excluding carboxylic acids is 1. The van der Waals surface area contributed by atoms with Crippen LogP contribution in [-0.2, 0) is 11.2 Å². The number of aryl methyl sites for hydroxylation is 1. The Kier molecular flexibility index (Phi) is 4.06. The first-order valence-corrected chi connectivity index (χ1v) is 6.74. The van der Waals surface area contributed by atoms with E-state index in [-0.39, 0.29) is 6.04 Å². The third-order valence-corrected chi connectivity index (χ3v) is 3.23. The van der Waals surface area contributed by atoms with Crippen LogP contribution >= 0.6 is 0 Å². The van der Waals surface area contributed by atoms with E-state index in [9.17, 15) is 4.79 Å². The summed E-state index contributed by atoms with van der Waals surface area (Å²) >= 11 is 0. The molecule has 1 aliphatic rings. The molecule has 1 aromatic rings. The van der Waals surface area contributed by atoms with Gasteiger partial charge in [-0.1, -0.05) is 18.2 Å². The normalized spacial score (nSPS) is 17.6. The summed E-state index contributed by atoms with van der Waals surface area (Å²) in [6.07, 6.45) is 1.16. The van der Waals surface area contributed by atoms with Gasteiger partial charge in [-0.15, -0.1) is 0 Å². The summed E-state index contributed by atoms with van der Waals surface area (Å²) in [5, 5.41) is 21.2. The zero-order valence-corrected chi connectivity index (χ0v) is 12.0. The van der Waals surface area contributed by atoms with Gasteiger partial charge in [0.25, 0.3) is 0 Å². The molecule has 0 bridgehead atoms. The lowest BCUT2D eigenvalue weighted by atomic mass is 9.79. The van der Waals surface area contributed by atoms with Crippen LogP contribution in [-0.4, -0.2) is 28.9 Å². The van der Waals surface area contributed by atoms with E-state index in [0.29, 0.717) is 5.46 Å². The monoisotopic (exact) mass is 277 g/mol. The number of nitrogens with one attached hydrogen (secondary N) is 1. The van der Waals surface area contributed by atoms with Crippen molar-refractivity contribution in [2.75, 3.05) is 0 Å². The summed E-state index contributed by atoms with van der Waals surface area (Å²) in [5.41, 5.74) is 2.01. The molecule has 1 atom stereocenters. The highest BCUT2D eigenvalue weighted by molar-refractivity contribution is 6.58. The van der Waals surface area contributed by atoms with E-state index in [1.807, 2.05) is 26.8 Å². The number of ether oxygens (including phenoxy) is 1. The molecule has 1 aromatic carbocycles. The molecule has 0 unspecified atom stereocenters. The Morgan fingerprint density at radius 3 is 2.70 bits per heavy atom. The third-order valence-electron chi connectivity index (χ3n) is 3.23. The second-order valence-corrected chi connectivity index (χ2v) is 6.07. The summed E-state index contributed by atoms with van der Waals surface area (Å²) in [4.78, 5) is 11.8. The molecular weight excluding hydrogens is 257 g/mol. The van der Waals surface area contributed by atoms with E-state index in [2.05, 4.69) is 5.32 Å². The molecule has 0 saturated carbocycles. The molecule has 3 N–H and O–H groups in total. The Morgan fingerprint density at radius 2 is 2.10 bits per heavy atom. The lowest BCUT2D eigenvalue weighted by molar-refractivity contribution is 0.0503. The molecular formula is C14H20BNO4. The van der Waals surface area contributed by atoms with Crippen LogP contribution in [0.3, 0.4) is 0 Å². The topological polar surface area (TPSA) is 78.8 Å². The van der Waals surface area contributed by atoms with Crippen molar-refractivity contribution in [3.63, 3.8) is 0 Å². The Hall–Kier alpha value is -1.53. The van der Waals surface area contributed by atoms with Crippen LogP contribution < -0.4 is 10.8 Å². The lowest BCUT2D eigenvalue weighted by Crippen LogP contribution is -2.34. The van der Waals surface area contributed by atoms with Gasteiger partial charge in [0.05, 0.1) is 6.04 Å². The molecule has 0 aromatic heterocycles. The summed E-state index contributed by atoms with van der Waals surface area (Å²) in [6.45, 7) is 5.47. The van der Waals surface area contributed by atoms with Gasteiger partial charge in [0, 0.05) is 0 Å². The first kappa shape index (κ1) is 14.9. The predicted octanol–water partition coefficient (Wildman–Crippen LogP) is 0.878. The fraction of sp³-hybridized carbons (Fsp3) is 0.500. The number of benzene rings is 1. The molecule has 0 saturated heterocycles. The molecule has 0 spiro atoms. The van der Waals surface area contributed by atoms with Gasteiger partial charge in [-0.3, -0.25) is 0 Å². The molecule has 1 aliphatic carbocycles.